The molecule has 2 N–H and O–H groups in total. The molecule has 7 heteroatoms. The number of ether oxygens (including phenoxy) is 2. The molecule has 0 radical (unpaired) electrons. The quantitative estimate of drug-likeness (QED) is 0.622. The van der Waals surface area contributed by atoms with Crippen molar-refractivity contribution in [1.82, 2.24) is 15.8 Å². The number of guanidine groups is 1. The SMILES string of the molecule is CCc1cc(CNC(=NC)NCCc2ccc3c(c2)OCO3)on1. The molecule has 2 heterocycles. The average Bonchev–Trinajstić information content (AvgIpc) is 3.26. The van der Waals surface area contributed by atoms with Crippen molar-refractivity contribution in [3.8, 4) is 11.5 Å². The molecule has 1 aliphatic rings. The van der Waals surface area contributed by atoms with Crippen molar-refractivity contribution in [2.24, 2.45) is 4.99 Å². The van der Waals surface area contributed by atoms with E-state index in [0.717, 1.165) is 48.3 Å². The number of nitrogens with one attached hydrogen (secondary N) is 2. The highest BCUT2D eigenvalue weighted by molar-refractivity contribution is 5.79. The molecule has 3 rings (SSSR count). The second-order valence-electron chi connectivity index (χ2n) is 5.43. The maximum absolute atomic E-state index is 5.39. The summed E-state index contributed by atoms with van der Waals surface area (Å²) in [4.78, 5) is 4.21. The first-order valence-electron chi connectivity index (χ1n) is 8.06. The summed E-state index contributed by atoms with van der Waals surface area (Å²) in [5.41, 5.74) is 2.14. The van der Waals surface area contributed by atoms with Crippen LogP contribution in [0, 0.1) is 0 Å². The van der Waals surface area contributed by atoms with Crippen LogP contribution in [-0.2, 0) is 19.4 Å². The summed E-state index contributed by atoms with van der Waals surface area (Å²) in [6, 6.07) is 7.96. The summed E-state index contributed by atoms with van der Waals surface area (Å²) in [6.07, 6.45) is 1.73. The van der Waals surface area contributed by atoms with Crippen LogP contribution in [0.3, 0.4) is 0 Å². The van der Waals surface area contributed by atoms with Crippen LogP contribution >= 0.6 is 0 Å². The Labute approximate surface area is 141 Å². The standard InChI is InChI=1S/C17H22N4O3/c1-3-13-9-14(24-21-13)10-20-17(18-2)19-7-6-12-4-5-15-16(8-12)23-11-22-15/h4-5,8-9H,3,6-7,10-11H2,1-2H3,(H2,18,19,20). The Morgan fingerprint density at radius 1 is 1.21 bits per heavy atom. The van der Waals surface area contributed by atoms with Crippen LogP contribution in [0.15, 0.2) is 33.8 Å². The molecule has 1 aliphatic heterocycles. The minimum absolute atomic E-state index is 0.301. The van der Waals surface area contributed by atoms with Gasteiger partial charge in [-0.25, -0.2) is 0 Å². The fourth-order valence-corrected chi connectivity index (χ4v) is 2.42. The molecule has 24 heavy (non-hydrogen) atoms. The third-order valence-corrected chi connectivity index (χ3v) is 3.77. The van der Waals surface area contributed by atoms with Gasteiger partial charge in [0.05, 0.1) is 12.2 Å². The largest absolute Gasteiger partial charge is 0.454 e. The Morgan fingerprint density at radius 2 is 2.08 bits per heavy atom. The maximum Gasteiger partial charge on any atom is 0.231 e. The van der Waals surface area contributed by atoms with E-state index in [-0.39, 0.29) is 0 Å². The Kier molecular flexibility index (Phi) is 5.20. The number of nitrogens with zero attached hydrogens (tertiary/aromatic N) is 2. The molecular weight excluding hydrogens is 308 g/mol. The molecule has 1 aromatic heterocycles. The van der Waals surface area contributed by atoms with E-state index in [9.17, 15) is 0 Å². The third kappa shape index (κ3) is 3.98. The van der Waals surface area contributed by atoms with Gasteiger partial charge in [0.15, 0.2) is 23.2 Å². The molecule has 0 atom stereocenters. The molecule has 0 fully saturated rings. The van der Waals surface area contributed by atoms with Crippen LogP contribution in [0.2, 0.25) is 0 Å². The van der Waals surface area contributed by atoms with Gasteiger partial charge in [-0.05, 0) is 30.5 Å². The minimum atomic E-state index is 0.301. The predicted molar refractivity (Wildman–Crippen MR) is 90.4 cm³/mol. The second kappa shape index (κ2) is 7.72. The van der Waals surface area contributed by atoms with Gasteiger partial charge < -0.3 is 24.6 Å². The van der Waals surface area contributed by atoms with Crippen molar-refractivity contribution >= 4 is 5.96 Å². The van der Waals surface area contributed by atoms with Gasteiger partial charge in [-0.3, -0.25) is 4.99 Å². The predicted octanol–water partition coefficient (Wildman–Crippen LogP) is 1.87. The summed E-state index contributed by atoms with van der Waals surface area (Å²) >= 11 is 0. The van der Waals surface area contributed by atoms with Gasteiger partial charge in [0, 0.05) is 19.7 Å². The van der Waals surface area contributed by atoms with Crippen molar-refractivity contribution < 1.29 is 14.0 Å². The summed E-state index contributed by atoms with van der Waals surface area (Å²) in [7, 11) is 1.74. The normalized spacial score (nSPS) is 13.2. The van der Waals surface area contributed by atoms with Crippen LogP contribution in [0.25, 0.3) is 0 Å². The zero-order valence-electron chi connectivity index (χ0n) is 14.0. The van der Waals surface area contributed by atoms with Crippen molar-refractivity contribution in [2.45, 2.75) is 26.3 Å². The van der Waals surface area contributed by atoms with E-state index < -0.39 is 0 Å². The zero-order chi connectivity index (χ0) is 16.8. The van der Waals surface area contributed by atoms with Gasteiger partial charge in [-0.2, -0.15) is 0 Å². The smallest absolute Gasteiger partial charge is 0.231 e. The number of rotatable bonds is 6. The van der Waals surface area contributed by atoms with Gasteiger partial charge >= 0.3 is 0 Å². The molecule has 0 amide bonds. The Morgan fingerprint density at radius 3 is 2.88 bits per heavy atom. The van der Waals surface area contributed by atoms with Crippen molar-refractivity contribution in [2.75, 3.05) is 20.4 Å². The first-order chi connectivity index (χ1) is 11.8. The Bertz CT molecular complexity index is 712. The number of hydrogen-bond donors (Lipinski definition) is 2. The summed E-state index contributed by atoms with van der Waals surface area (Å²) in [5.74, 6) is 3.14. The molecule has 0 unspecified atom stereocenters. The number of hydrogen-bond acceptors (Lipinski definition) is 5. The second-order valence-corrected chi connectivity index (χ2v) is 5.43. The number of benzene rings is 1. The molecule has 128 valence electrons. The average molecular weight is 330 g/mol. The fourth-order valence-electron chi connectivity index (χ4n) is 2.42. The fraction of sp³-hybridized carbons (Fsp3) is 0.412. The molecule has 0 saturated heterocycles. The highest BCUT2D eigenvalue weighted by atomic mass is 16.7. The monoisotopic (exact) mass is 330 g/mol. The molecule has 7 nitrogen and oxygen atoms in total. The van der Waals surface area contributed by atoms with E-state index in [0.29, 0.717) is 13.3 Å². The highest BCUT2D eigenvalue weighted by Gasteiger charge is 2.13. The first kappa shape index (κ1) is 16.2. The van der Waals surface area contributed by atoms with Gasteiger partial charge in [-0.1, -0.05) is 18.1 Å². The molecule has 1 aromatic carbocycles. The number of aliphatic imine (C=N–C) groups is 1. The van der Waals surface area contributed by atoms with E-state index in [1.807, 2.05) is 31.2 Å². The Balaban J connectivity index is 1.44. The van der Waals surface area contributed by atoms with Gasteiger partial charge in [0.1, 0.15) is 0 Å². The van der Waals surface area contributed by atoms with Crippen LogP contribution in [0.5, 0.6) is 11.5 Å². The van der Waals surface area contributed by atoms with E-state index >= 15 is 0 Å². The summed E-state index contributed by atoms with van der Waals surface area (Å²) in [6.45, 7) is 3.66. The Hall–Kier alpha value is -2.70. The number of aromatic nitrogens is 1. The minimum Gasteiger partial charge on any atom is -0.454 e. The van der Waals surface area contributed by atoms with Crippen molar-refractivity contribution in [3.63, 3.8) is 0 Å². The third-order valence-electron chi connectivity index (χ3n) is 3.77. The molecule has 0 aliphatic carbocycles. The van der Waals surface area contributed by atoms with E-state index in [1.165, 1.54) is 5.56 Å². The lowest BCUT2D eigenvalue weighted by Crippen LogP contribution is -2.37. The molecule has 0 spiro atoms. The van der Waals surface area contributed by atoms with E-state index in [1.54, 1.807) is 7.05 Å². The zero-order valence-corrected chi connectivity index (χ0v) is 14.0. The topological polar surface area (TPSA) is 80.9 Å². The lowest BCUT2D eigenvalue weighted by Gasteiger charge is -2.10. The number of aryl methyl sites for hydroxylation is 1. The summed E-state index contributed by atoms with van der Waals surface area (Å²) in [5, 5.41) is 10.5. The van der Waals surface area contributed by atoms with Gasteiger partial charge in [-0.15, -0.1) is 0 Å². The lowest BCUT2D eigenvalue weighted by atomic mass is 10.1. The van der Waals surface area contributed by atoms with Gasteiger partial charge in [0.25, 0.3) is 0 Å². The first-order valence-corrected chi connectivity index (χ1v) is 8.06. The van der Waals surface area contributed by atoms with Crippen LogP contribution in [0.1, 0.15) is 23.9 Å². The van der Waals surface area contributed by atoms with Crippen LogP contribution in [-0.4, -0.2) is 31.5 Å². The van der Waals surface area contributed by atoms with E-state index in [2.05, 4.69) is 20.8 Å². The van der Waals surface area contributed by atoms with Gasteiger partial charge in [0.2, 0.25) is 6.79 Å². The molecule has 0 saturated carbocycles. The molecule has 0 bridgehead atoms. The maximum atomic E-state index is 5.39. The molecule has 2 aromatic rings. The molecular formula is C17H22N4O3. The van der Waals surface area contributed by atoms with E-state index in [4.69, 9.17) is 14.0 Å². The number of fused-ring (bicyclic) bond motifs is 1. The van der Waals surface area contributed by atoms with Crippen molar-refractivity contribution in [1.29, 1.82) is 0 Å². The highest BCUT2D eigenvalue weighted by Crippen LogP contribution is 2.32. The van der Waals surface area contributed by atoms with Crippen molar-refractivity contribution in [3.05, 3.63) is 41.3 Å². The lowest BCUT2D eigenvalue weighted by molar-refractivity contribution is 0.174. The van der Waals surface area contributed by atoms with Crippen LogP contribution < -0.4 is 20.1 Å². The summed E-state index contributed by atoms with van der Waals surface area (Å²) < 4.78 is 16.0. The van der Waals surface area contributed by atoms with Crippen LogP contribution in [0.4, 0.5) is 0 Å².